The second-order valence-corrected chi connectivity index (χ2v) is 20.8. The molecule has 6 unspecified atom stereocenters. The Morgan fingerprint density at radius 2 is 1.15 bits per heavy atom. The molecule has 1 nitrogen and oxygen atoms in total. The van der Waals surface area contributed by atoms with Crippen LogP contribution in [0.25, 0.3) is 44.2 Å². The Labute approximate surface area is 350 Å². The number of hydrogen-bond acceptors (Lipinski definition) is 1. The van der Waals surface area contributed by atoms with Gasteiger partial charge in [0.25, 0.3) is 0 Å². The summed E-state index contributed by atoms with van der Waals surface area (Å²) in [6.07, 6.45) is 8.19. The van der Waals surface area contributed by atoms with Crippen molar-refractivity contribution in [3.05, 3.63) is 174 Å². The van der Waals surface area contributed by atoms with Crippen molar-refractivity contribution in [2.24, 2.45) is 29.1 Å². The first kappa shape index (κ1) is 34.5. The summed E-state index contributed by atoms with van der Waals surface area (Å²) < 4.78 is 0. The van der Waals surface area contributed by atoms with Crippen molar-refractivity contribution in [3.8, 4) is 33.4 Å². The molecule has 6 aliphatic rings. The number of anilines is 3. The highest BCUT2D eigenvalue weighted by atomic mass is 15.1. The van der Waals surface area contributed by atoms with Crippen LogP contribution in [-0.4, -0.2) is 0 Å². The Hall–Kier alpha value is -5.40. The smallest absolute Gasteiger partial charge is 0.0543 e. The summed E-state index contributed by atoms with van der Waals surface area (Å²) in [6.45, 7) is 9.82. The standard InChI is InChI=1S/C58H53N/c1-55(2)27-28-56(3,4)51-32-42(25-26-49(51)55)59(41-23-21-39(22-24-41)44-19-12-16-37-15-8-9-17-43(37)44)52-34-50-47(33-46(52)38-13-6-5-7-14-38)45-18-10-11-20-48(45)58(50)53-30-36-29-40-31-54(58)57(40,53)35-36/h5-26,32-34,36,40,53-54H,27-31,35H2,1-4H3. The Balaban J connectivity index is 1.06. The summed E-state index contributed by atoms with van der Waals surface area (Å²) in [4.78, 5) is 2.64. The van der Waals surface area contributed by atoms with Crippen LogP contribution in [-0.2, 0) is 16.2 Å². The fraction of sp³-hybridized carbons (Fsp3) is 0.310. The minimum Gasteiger partial charge on any atom is -0.310 e. The molecule has 7 aromatic carbocycles. The first-order valence-corrected chi connectivity index (χ1v) is 22.6. The van der Waals surface area contributed by atoms with Gasteiger partial charge in [0.1, 0.15) is 0 Å². The van der Waals surface area contributed by atoms with Crippen molar-refractivity contribution >= 4 is 27.8 Å². The van der Waals surface area contributed by atoms with Gasteiger partial charge in [-0.25, -0.2) is 0 Å². The van der Waals surface area contributed by atoms with E-state index in [1.807, 2.05) is 0 Å². The average Bonchev–Trinajstić information content (AvgIpc) is 3.89. The van der Waals surface area contributed by atoms with Gasteiger partial charge in [-0.05, 0) is 176 Å². The lowest BCUT2D eigenvalue weighted by Crippen LogP contribution is -2.73. The number of nitrogens with zero attached hydrogens (tertiary/aromatic N) is 1. The Kier molecular flexibility index (Phi) is 6.81. The van der Waals surface area contributed by atoms with Crippen LogP contribution >= 0.6 is 0 Å². The third-order valence-corrected chi connectivity index (χ3v) is 17.4. The van der Waals surface area contributed by atoms with Gasteiger partial charge >= 0.3 is 0 Å². The molecule has 4 saturated carbocycles. The van der Waals surface area contributed by atoms with Crippen LogP contribution in [0, 0.1) is 29.1 Å². The largest absolute Gasteiger partial charge is 0.310 e. The molecular weight excluding hydrogens is 711 g/mol. The predicted molar refractivity (Wildman–Crippen MR) is 246 cm³/mol. The van der Waals surface area contributed by atoms with Gasteiger partial charge < -0.3 is 4.90 Å². The van der Waals surface area contributed by atoms with Gasteiger partial charge in [-0.2, -0.15) is 0 Å². The molecule has 59 heavy (non-hydrogen) atoms. The zero-order valence-corrected chi connectivity index (χ0v) is 34.9. The van der Waals surface area contributed by atoms with Crippen LogP contribution in [0.15, 0.2) is 152 Å². The van der Waals surface area contributed by atoms with E-state index in [1.54, 1.807) is 11.1 Å². The highest BCUT2D eigenvalue weighted by molar-refractivity contribution is 5.98. The van der Waals surface area contributed by atoms with E-state index in [0.29, 0.717) is 5.41 Å². The van der Waals surface area contributed by atoms with Crippen LogP contribution in [0.1, 0.15) is 88.5 Å². The first-order valence-electron chi connectivity index (χ1n) is 22.6. The molecule has 2 spiro atoms. The van der Waals surface area contributed by atoms with Gasteiger partial charge in [0, 0.05) is 22.4 Å². The molecule has 13 rings (SSSR count). The number of rotatable bonds is 5. The van der Waals surface area contributed by atoms with Gasteiger partial charge in [0.05, 0.1) is 5.69 Å². The molecule has 0 radical (unpaired) electrons. The number of hydrogen-bond donors (Lipinski definition) is 0. The number of fused-ring (bicyclic) bond motifs is 10. The summed E-state index contributed by atoms with van der Waals surface area (Å²) in [5, 5.41) is 2.58. The Bertz CT molecular complexity index is 2870. The Morgan fingerprint density at radius 1 is 0.475 bits per heavy atom. The molecule has 4 fully saturated rings. The maximum atomic E-state index is 2.72. The SMILES string of the molecule is CC1(C)CCC(C)(C)c2cc(N(c3ccc(-c4cccc5ccccc45)cc3)c3cc4c(cc3-c3ccccc3)-c3ccccc3C43C4CC5CC6CC3C64C5)ccc21. The first-order chi connectivity index (χ1) is 28.7. The van der Waals surface area contributed by atoms with Crippen LogP contribution in [0.2, 0.25) is 0 Å². The summed E-state index contributed by atoms with van der Waals surface area (Å²) in [6, 6.07) is 58.7. The maximum Gasteiger partial charge on any atom is 0.0543 e. The molecule has 0 aliphatic heterocycles. The van der Waals surface area contributed by atoms with E-state index in [0.717, 1.165) is 23.7 Å². The van der Waals surface area contributed by atoms with Crippen LogP contribution in [0.3, 0.4) is 0 Å². The lowest BCUT2D eigenvalue weighted by molar-refractivity contribution is -0.231. The second kappa shape index (κ2) is 11.7. The lowest BCUT2D eigenvalue weighted by Gasteiger charge is -2.76. The Morgan fingerprint density at radius 3 is 1.98 bits per heavy atom. The van der Waals surface area contributed by atoms with Gasteiger partial charge in [-0.1, -0.05) is 143 Å². The molecule has 0 saturated heterocycles. The summed E-state index contributed by atoms with van der Waals surface area (Å²) in [5.41, 5.74) is 19.0. The second-order valence-electron chi connectivity index (χ2n) is 20.8. The molecule has 290 valence electrons. The van der Waals surface area contributed by atoms with E-state index in [9.17, 15) is 0 Å². The normalized spacial score (nSPS) is 28.0. The van der Waals surface area contributed by atoms with Crippen molar-refractivity contribution in [1.29, 1.82) is 0 Å². The molecule has 6 atom stereocenters. The third kappa shape index (κ3) is 4.37. The summed E-state index contributed by atoms with van der Waals surface area (Å²) in [5.74, 6) is 3.40. The molecular formula is C58H53N. The highest BCUT2D eigenvalue weighted by Gasteiger charge is 2.84. The van der Waals surface area contributed by atoms with Crippen molar-refractivity contribution in [2.75, 3.05) is 4.90 Å². The molecule has 0 amide bonds. The summed E-state index contributed by atoms with van der Waals surface area (Å²) in [7, 11) is 0. The van der Waals surface area contributed by atoms with Crippen LogP contribution < -0.4 is 4.90 Å². The fourth-order valence-corrected chi connectivity index (χ4v) is 14.8. The lowest BCUT2D eigenvalue weighted by atomic mass is 9.27. The monoisotopic (exact) mass is 763 g/mol. The maximum absolute atomic E-state index is 2.72. The average molecular weight is 764 g/mol. The van der Waals surface area contributed by atoms with E-state index in [4.69, 9.17) is 0 Å². The van der Waals surface area contributed by atoms with Crippen molar-refractivity contribution in [3.63, 3.8) is 0 Å². The quantitative estimate of drug-likeness (QED) is 0.169. The van der Waals surface area contributed by atoms with Gasteiger partial charge in [-0.15, -0.1) is 0 Å². The molecule has 6 aliphatic carbocycles. The predicted octanol–water partition coefficient (Wildman–Crippen LogP) is 15.3. The zero-order chi connectivity index (χ0) is 39.5. The highest BCUT2D eigenvalue weighted by Crippen LogP contribution is 2.89. The minimum absolute atomic E-state index is 0.0967. The molecule has 0 aromatic heterocycles. The zero-order valence-electron chi connectivity index (χ0n) is 34.9. The van der Waals surface area contributed by atoms with E-state index >= 15 is 0 Å². The van der Waals surface area contributed by atoms with Gasteiger partial charge in [0.15, 0.2) is 0 Å². The van der Waals surface area contributed by atoms with Crippen molar-refractivity contribution in [2.45, 2.75) is 82.5 Å². The molecule has 2 bridgehead atoms. The number of benzene rings is 7. The molecule has 1 heteroatoms. The van der Waals surface area contributed by atoms with Crippen molar-refractivity contribution in [1.82, 2.24) is 0 Å². The third-order valence-electron chi connectivity index (χ3n) is 17.4. The molecule has 0 N–H and O–H groups in total. The molecule has 0 heterocycles. The topological polar surface area (TPSA) is 3.24 Å². The van der Waals surface area contributed by atoms with Crippen LogP contribution in [0.5, 0.6) is 0 Å². The van der Waals surface area contributed by atoms with E-state index in [1.165, 1.54) is 111 Å². The van der Waals surface area contributed by atoms with Gasteiger partial charge in [-0.3, -0.25) is 0 Å². The van der Waals surface area contributed by atoms with E-state index in [2.05, 4.69) is 184 Å². The minimum atomic E-state index is 0.0967. The van der Waals surface area contributed by atoms with Gasteiger partial charge in [0.2, 0.25) is 0 Å². The van der Waals surface area contributed by atoms with Crippen molar-refractivity contribution < 1.29 is 0 Å². The fourth-order valence-electron chi connectivity index (χ4n) is 14.8. The van der Waals surface area contributed by atoms with Crippen LogP contribution in [0.4, 0.5) is 17.1 Å². The molecule has 7 aromatic rings. The van der Waals surface area contributed by atoms with E-state index in [-0.39, 0.29) is 16.2 Å². The summed E-state index contributed by atoms with van der Waals surface area (Å²) >= 11 is 0. The van der Waals surface area contributed by atoms with E-state index < -0.39 is 0 Å².